The van der Waals surface area contributed by atoms with E-state index in [-0.39, 0.29) is 24.8 Å². The third kappa shape index (κ3) is 5.08. The molecule has 3 fully saturated rings. The average molecular weight is 390 g/mol. The van der Waals surface area contributed by atoms with Gasteiger partial charge in [-0.2, -0.15) is 5.10 Å². The molecule has 142 valence electrons. The lowest BCUT2D eigenvalue weighted by atomic mass is 9.88. The van der Waals surface area contributed by atoms with Crippen LogP contribution in [0.15, 0.2) is 12.7 Å². The summed E-state index contributed by atoms with van der Waals surface area (Å²) in [4.78, 5) is 18.8. The van der Waals surface area contributed by atoms with E-state index in [4.69, 9.17) is 0 Å². The number of carbonyl (C=O) groups excluding carboxylic acids is 1. The molecule has 2 bridgehead atoms. The Hall–Kier alpha value is -0.850. The normalized spacial score (nSPS) is 31.1. The van der Waals surface area contributed by atoms with E-state index in [0.717, 1.165) is 32.5 Å². The van der Waals surface area contributed by atoms with Gasteiger partial charge < -0.3 is 10.2 Å². The van der Waals surface area contributed by atoms with Crippen LogP contribution < -0.4 is 5.32 Å². The van der Waals surface area contributed by atoms with Gasteiger partial charge >= 0.3 is 0 Å². The maximum Gasteiger partial charge on any atom is 0.222 e. The predicted molar refractivity (Wildman–Crippen MR) is 101 cm³/mol. The Morgan fingerprint density at radius 1 is 1.12 bits per heavy atom. The van der Waals surface area contributed by atoms with Crippen molar-refractivity contribution in [3.8, 4) is 0 Å². The predicted octanol–water partition coefficient (Wildman–Crippen LogP) is 2.28. The van der Waals surface area contributed by atoms with Gasteiger partial charge in [0.05, 0.1) is 0 Å². The van der Waals surface area contributed by atoms with Crippen LogP contribution in [0.1, 0.15) is 44.9 Å². The van der Waals surface area contributed by atoms with E-state index in [1.807, 2.05) is 4.68 Å². The summed E-state index contributed by atoms with van der Waals surface area (Å²) in [6, 6.07) is 1.35. The number of hydrogen-bond donors (Lipinski definition) is 1. The number of rotatable bonds is 4. The molecule has 0 aliphatic carbocycles. The van der Waals surface area contributed by atoms with Gasteiger partial charge in [-0.15, -0.1) is 24.8 Å². The van der Waals surface area contributed by atoms with Gasteiger partial charge in [0, 0.05) is 38.1 Å². The van der Waals surface area contributed by atoms with Crippen molar-refractivity contribution in [2.24, 2.45) is 11.8 Å². The number of hydrogen-bond acceptors (Lipinski definition) is 4. The van der Waals surface area contributed by atoms with Gasteiger partial charge in [0.25, 0.3) is 0 Å². The molecule has 3 aliphatic heterocycles. The number of likely N-dealkylation sites (tertiary alicyclic amines) is 1. The molecule has 3 unspecified atom stereocenters. The highest BCUT2D eigenvalue weighted by Crippen LogP contribution is 2.33. The lowest BCUT2D eigenvalue weighted by Gasteiger charge is -2.35. The fourth-order valence-electron chi connectivity index (χ4n) is 4.75. The first-order valence-corrected chi connectivity index (χ1v) is 9.12. The third-order valence-electron chi connectivity index (χ3n) is 5.82. The van der Waals surface area contributed by atoms with Crippen molar-refractivity contribution >= 4 is 30.7 Å². The maximum absolute atomic E-state index is 12.7. The molecule has 0 radical (unpaired) electrons. The SMILES string of the molecule is Cl.Cl.O=C(CC1CC2CCC(C1)N2)N1CCCC(Cn2cncn2)C1. The van der Waals surface area contributed by atoms with Crippen LogP contribution in [0, 0.1) is 11.8 Å². The number of carbonyl (C=O) groups is 1. The van der Waals surface area contributed by atoms with Crippen molar-refractivity contribution in [2.75, 3.05) is 13.1 Å². The highest BCUT2D eigenvalue weighted by atomic mass is 35.5. The second-order valence-corrected chi connectivity index (χ2v) is 7.64. The number of halogens is 2. The Morgan fingerprint density at radius 3 is 2.56 bits per heavy atom. The molecular formula is C17H29Cl2N5O. The van der Waals surface area contributed by atoms with Crippen molar-refractivity contribution in [3.63, 3.8) is 0 Å². The van der Waals surface area contributed by atoms with E-state index in [9.17, 15) is 4.79 Å². The van der Waals surface area contributed by atoms with Gasteiger partial charge in [-0.25, -0.2) is 4.98 Å². The highest BCUT2D eigenvalue weighted by Gasteiger charge is 2.35. The van der Waals surface area contributed by atoms with Crippen LogP contribution in [-0.2, 0) is 11.3 Å². The molecule has 0 saturated carbocycles. The van der Waals surface area contributed by atoms with Crippen LogP contribution >= 0.6 is 24.8 Å². The molecular weight excluding hydrogens is 361 g/mol. The van der Waals surface area contributed by atoms with E-state index in [1.54, 1.807) is 12.7 Å². The molecule has 25 heavy (non-hydrogen) atoms. The molecule has 4 heterocycles. The first-order valence-electron chi connectivity index (χ1n) is 9.12. The minimum Gasteiger partial charge on any atom is -0.342 e. The fourth-order valence-corrected chi connectivity index (χ4v) is 4.75. The number of amides is 1. The van der Waals surface area contributed by atoms with Gasteiger partial charge in [0.15, 0.2) is 0 Å². The quantitative estimate of drug-likeness (QED) is 0.857. The molecule has 1 aromatic rings. The Bertz CT molecular complexity index is 529. The minimum absolute atomic E-state index is 0. The summed E-state index contributed by atoms with van der Waals surface area (Å²) in [5.74, 6) is 1.48. The molecule has 4 rings (SSSR count). The van der Waals surface area contributed by atoms with E-state index in [0.29, 0.717) is 29.8 Å². The zero-order valence-electron chi connectivity index (χ0n) is 14.5. The van der Waals surface area contributed by atoms with Crippen LogP contribution in [0.3, 0.4) is 0 Å². The van der Waals surface area contributed by atoms with Crippen LogP contribution in [-0.4, -0.2) is 50.7 Å². The summed E-state index contributed by atoms with van der Waals surface area (Å²) >= 11 is 0. The highest BCUT2D eigenvalue weighted by molar-refractivity contribution is 5.85. The molecule has 1 N–H and O–H groups in total. The number of aromatic nitrogens is 3. The monoisotopic (exact) mass is 389 g/mol. The lowest BCUT2D eigenvalue weighted by Crippen LogP contribution is -2.44. The van der Waals surface area contributed by atoms with Crippen molar-refractivity contribution < 1.29 is 4.79 Å². The van der Waals surface area contributed by atoms with Crippen LogP contribution in [0.25, 0.3) is 0 Å². The largest absolute Gasteiger partial charge is 0.342 e. The first-order chi connectivity index (χ1) is 11.3. The Kier molecular flexibility index (Phi) is 7.52. The topological polar surface area (TPSA) is 63.1 Å². The summed E-state index contributed by atoms with van der Waals surface area (Å²) in [7, 11) is 0. The summed E-state index contributed by atoms with van der Waals surface area (Å²) in [5.41, 5.74) is 0. The summed E-state index contributed by atoms with van der Waals surface area (Å²) in [5, 5.41) is 7.86. The van der Waals surface area contributed by atoms with E-state index in [1.165, 1.54) is 32.1 Å². The van der Waals surface area contributed by atoms with Crippen LogP contribution in [0.4, 0.5) is 0 Å². The third-order valence-corrected chi connectivity index (χ3v) is 5.82. The molecule has 0 aromatic carbocycles. The van der Waals surface area contributed by atoms with Gasteiger partial charge in [0.1, 0.15) is 12.7 Å². The smallest absolute Gasteiger partial charge is 0.222 e. The summed E-state index contributed by atoms with van der Waals surface area (Å²) in [6.45, 7) is 2.70. The maximum atomic E-state index is 12.7. The molecule has 3 saturated heterocycles. The molecule has 3 aliphatic rings. The van der Waals surface area contributed by atoms with Gasteiger partial charge in [0.2, 0.25) is 5.91 Å². The minimum atomic E-state index is 0. The lowest BCUT2D eigenvalue weighted by molar-refractivity contribution is -0.134. The number of nitrogens with one attached hydrogen (secondary N) is 1. The Balaban J connectivity index is 0.00000113. The first kappa shape index (κ1) is 20.5. The molecule has 8 heteroatoms. The molecule has 0 spiro atoms. The fraction of sp³-hybridized carbons (Fsp3) is 0.824. The van der Waals surface area contributed by atoms with E-state index in [2.05, 4.69) is 20.3 Å². The summed E-state index contributed by atoms with van der Waals surface area (Å²) < 4.78 is 1.89. The second-order valence-electron chi connectivity index (χ2n) is 7.64. The number of nitrogens with zero attached hydrogens (tertiary/aromatic N) is 4. The molecule has 1 aromatic heterocycles. The van der Waals surface area contributed by atoms with Crippen LogP contribution in [0.5, 0.6) is 0 Å². The van der Waals surface area contributed by atoms with Gasteiger partial charge in [-0.3, -0.25) is 9.48 Å². The van der Waals surface area contributed by atoms with Gasteiger partial charge in [-0.1, -0.05) is 0 Å². The van der Waals surface area contributed by atoms with E-state index >= 15 is 0 Å². The molecule has 6 nitrogen and oxygen atoms in total. The number of fused-ring (bicyclic) bond motifs is 2. The van der Waals surface area contributed by atoms with Crippen molar-refractivity contribution in [3.05, 3.63) is 12.7 Å². The molecule has 3 atom stereocenters. The zero-order valence-corrected chi connectivity index (χ0v) is 16.2. The standard InChI is InChI=1S/C17H27N5O.2ClH/c23-17(8-14-6-15-3-4-16(7-14)20-15)21-5-1-2-13(9-21)10-22-12-18-11-19-22;;/h11-16,20H,1-10H2;2*1H. The summed E-state index contributed by atoms with van der Waals surface area (Å²) in [6.07, 6.45) is 11.4. The van der Waals surface area contributed by atoms with Crippen molar-refractivity contribution in [2.45, 2.75) is 63.6 Å². The van der Waals surface area contributed by atoms with Crippen molar-refractivity contribution in [1.82, 2.24) is 25.0 Å². The Morgan fingerprint density at radius 2 is 1.88 bits per heavy atom. The second kappa shape index (κ2) is 9.19. The molecule has 1 amide bonds. The van der Waals surface area contributed by atoms with E-state index < -0.39 is 0 Å². The Labute approximate surface area is 161 Å². The van der Waals surface area contributed by atoms with Crippen molar-refractivity contribution in [1.29, 1.82) is 0 Å². The van der Waals surface area contributed by atoms with Crippen LogP contribution in [0.2, 0.25) is 0 Å². The number of piperidine rings is 2. The van der Waals surface area contributed by atoms with Gasteiger partial charge in [-0.05, 0) is 50.4 Å². The average Bonchev–Trinajstić information content (AvgIpc) is 3.17. The zero-order chi connectivity index (χ0) is 15.6.